The number of nitro benzene ring substituents is 1. The lowest BCUT2D eigenvalue weighted by Gasteiger charge is -2.14. The van der Waals surface area contributed by atoms with E-state index in [4.69, 9.17) is 5.11 Å². The number of aliphatic carboxylic acids is 1. The van der Waals surface area contributed by atoms with Gasteiger partial charge >= 0.3 is 5.97 Å². The van der Waals surface area contributed by atoms with E-state index in [1.165, 1.54) is 12.1 Å². The van der Waals surface area contributed by atoms with Gasteiger partial charge in [0.2, 0.25) is 0 Å². The summed E-state index contributed by atoms with van der Waals surface area (Å²) < 4.78 is 0. The molecule has 1 aromatic carbocycles. The zero-order valence-electron chi connectivity index (χ0n) is 11.5. The Kier molecular flexibility index (Phi) is 4.67. The van der Waals surface area contributed by atoms with E-state index in [0.717, 1.165) is 12.0 Å². The van der Waals surface area contributed by atoms with E-state index in [2.05, 4.69) is 0 Å². The summed E-state index contributed by atoms with van der Waals surface area (Å²) in [6.45, 7) is 0. The molecule has 112 valence electrons. The molecule has 2 atom stereocenters. The van der Waals surface area contributed by atoms with Crippen LogP contribution in [-0.4, -0.2) is 21.8 Å². The molecule has 0 heterocycles. The molecule has 1 N–H and O–H groups in total. The third-order valence-corrected chi connectivity index (χ3v) is 4.05. The van der Waals surface area contributed by atoms with Crippen LogP contribution in [0.25, 0.3) is 0 Å². The first kappa shape index (κ1) is 15.2. The third-order valence-electron chi connectivity index (χ3n) is 4.05. The van der Waals surface area contributed by atoms with Gasteiger partial charge < -0.3 is 5.11 Å². The van der Waals surface area contributed by atoms with Gasteiger partial charge in [-0.2, -0.15) is 0 Å². The molecule has 0 saturated heterocycles. The maximum Gasteiger partial charge on any atom is 0.307 e. The Bertz CT molecular complexity index is 552. The molecule has 0 aromatic heterocycles. The number of hydrogen-bond acceptors (Lipinski definition) is 4. The molecule has 1 fully saturated rings. The summed E-state index contributed by atoms with van der Waals surface area (Å²) in [6, 6.07) is 6.09. The van der Waals surface area contributed by atoms with Gasteiger partial charge in [-0.05, 0) is 24.8 Å². The van der Waals surface area contributed by atoms with Crippen LogP contribution in [0, 0.1) is 22.0 Å². The fourth-order valence-electron chi connectivity index (χ4n) is 2.88. The Balaban J connectivity index is 1.91. The Hall–Kier alpha value is -2.24. The van der Waals surface area contributed by atoms with Gasteiger partial charge in [0.25, 0.3) is 5.69 Å². The number of aryl methyl sites for hydroxylation is 1. The van der Waals surface area contributed by atoms with Crippen LogP contribution in [0.3, 0.4) is 0 Å². The number of nitro groups is 1. The molecule has 1 aliphatic carbocycles. The fourth-order valence-corrected chi connectivity index (χ4v) is 2.88. The number of carboxylic acid groups (broad SMARTS) is 1. The maximum absolute atomic E-state index is 12.1. The molecule has 0 unspecified atom stereocenters. The molecular weight excluding hydrogens is 274 g/mol. The standard InChI is InChI=1S/C15H17NO5/c17-14(12-2-1-3-13(12)15(18)19)9-6-10-4-7-11(8-5-10)16(20)21/h4-5,7-8,12-13H,1-3,6,9H2,(H,18,19)/t12-,13+/m0/s1. The molecule has 6 heteroatoms. The van der Waals surface area contributed by atoms with Crippen molar-refractivity contribution in [1.82, 2.24) is 0 Å². The highest BCUT2D eigenvalue weighted by Gasteiger charge is 2.36. The first-order valence-electron chi connectivity index (χ1n) is 6.98. The van der Waals surface area contributed by atoms with Crippen molar-refractivity contribution in [1.29, 1.82) is 0 Å². The molecule has 6 nitrogen and oxygen atoms in total. The minimum absolute atomic E-state index is 0.0155. The van der Waals surface area contributed by atoms with Crippen LogP contribution in [0.5, 0.6) is 0 Å². The van der Waals surface area contributed by atoms with Crippen molar-refractivity contribution in [2.24, 2.45) is 11.8 Å². The lowest BCUT2D eigenvalue weighted by Crippen LogP contribution is -2.25. The minimum Gasteiger partial charge on any atom is -0.481 e. The average Bonchev–Trinajstić information content (AvgIpc) is 2.95. The average molecular weight is 291 g/mol. The van der Waals surface area contributed by atoms with Crippen LogP contribution in [0.1, 0.15) is 31.2 Å². The summed E-state index contributed by atoms with van der Waals surface area (Å²) in [5.41, 5.74) is 0.866. The zero-order chi connectivity index (χ0) is 15.4. The number of benzene rings is 1. The highest BCUT2D eigenvalue weighted by Crippen LogP contribution is 2.33. The highest BCUT2D eigenvalue weighted by atomic mass is 16.6. The van der Waals surface area contributed by atoms with Crippen LogP contribution >= 0.6 is 0 Å². The lowest BCUT2D eigenvalue weighted by atomic mass is 9.89. The van der Waals surface area contributed by atoms with Gasteiger partial charge in [0.05, 0.1) is 10.8 Å². The van der Waals surface area contributed by atoms with Crippen LogP contribution < -0.4 is 0 Å². The Labute approximate surface area is 121 Å². The Morgan fingerprint density at radius 2 is 1.81 bits per heavy atom. The monoisotopic (exact) mass is 291 g/mol. The quantitative estimate of drug-likeness (QED) is 0.641. The van der Waals surface area contributed by atoms with Crippen LogP contribution in [0.15, 0.2) is 24.3 Å². The van der Waals surface area contributed by atoms with Gasteiger partial charge in [-0.15, -0.1) is 0 Å². The molecule has 0 amide bonds. The number of non-ortho nitro benzene ring substituents is 1. The van der Waals surface area contributed by atoms with E-state index in [1.54, 1.807) is 12.1 Å². The van der Waals surface area contributed by atoms with Crippen molar-refractivity contribution in [3.63, 3.8) is 0 Å². The molecular formula is C15H17NO5. The van der Waals surface area contributed by atoms with Crippen molar-refractivity contribution >= 4 is 17.4 Å². The molecule has 0 spiro atoms. The number of nitrogens with zero attached hydrogens (tertiary/aromatic N) is 1. The molecule has 1 aliphatic rings. The topological polar surface area (TPSA) is 97.5 Å². The maximum atomic E-state index is 12.1. The highest BCUT2D eigenvalue weighted by molar-refractivity contribution is 5.86. The predicted octanol–water partition coefficient (Wildman–Crippen LogP) is 2.60. The predicted molar refractivity (Wildman–Crippen MR) is 74.9 cm³/mol. The molecule has 0 aliphatic heterocycles. The molecule has 0 radical (unpaired) electrons. The largest absolute Gasteiger partial charge is 0.481 e. The minimum atomic E-state index is -0.888. The summed E-state index contributed by atoms with van der Waals surface area (Å²) in [4.78, 5) is 33.3. The molecule has 21 heavy (non-hydrogen) atoms. The second-order valence-electron chi connectivity index (χ2n) is 5.37. The molecule has 1 aromatic rings. The molecule has 0 bridgehead atoms. The van der Waals surface area contributed by atoms with Crippen LogP contribution in [0.2, 0.25) is 0 Å². The van der Waals surface area contributed by atoms with Gasteiger partial charge in [0, 0.05) is 24.5 Å². The van der Waals surface area contributed by atoms with Crippen molar-refractivity contribution in [3.05, 3.63) is 39.9 Å². The lowest BCUT2D eigenvalue weighted by molar-refractivity contribution is -0.384. The number of carbonyl (C=O) groups excluding carboxylic acids is 1. The summed E-state index contributed by atoms with van der Waals surface area (Å²) in [7, 11) is 0. The van der Waals surface area contributed by atoms with E-state index in [-0.39, 0.29) is 23.8 Å². The number of hydrogen-bond donors (Lipinski definition) is 1. The second kappa shape index (κ2) is 6.47. The van der Waals surface area contributed by atoms with Crippen molar-refractivity contribution < 1.29 is 19.6 Å². The first-order chi connectivity index (χ1) is 9.99. The number of Topliss-reactive ketones (excluding diaryl/α,β-unsaturated/α-hetero) is 1. The van der Waals surface area contributed by atoms with Gasteiger partial charge in [-0.1, -0.05) is 18.6 Å². The van der Waals surface area contributed by atoms with E-state index < -0.39 is 16.8 Å². The van der Waals surface area contributed by atoms with Crippen molar-refractivity contribution in [2.75, 3.05) is 0 Å². The number of ketones is 1. The Morgan fingerprint density at radius 1 is 1.19 bits per heavy atom. The normalized spacial score (nSPS) is 21.1. The third kappa shape index (κ3) is 3.65. The van der Waals surface area contributed by atoms with E-state index in [9.17, 15) is 19.7 Å². The van der Waals surface area contributed by atoms with Crippen LogP contribution in [0.4, 0.5) is 5.69 Å². The van der Waals surface area contributed by atoms with Gasteiger partial charge in [-0.3, -0.25) is 19.7 Å². The van der Waals surface area contributed by atoms with Gasteiger partial charge in [0.15, 0.2) is 0 Å². The summed E-state index contributed by atoms with van der Waals surface area (Å²) in [6.07, 6.45) is 2.77. The van der Waals surface area contributed by atoms with Gasteiger partial charge in [0.1, 0.15) is 5.78 Å². The summed E-state index contributed by atoms with van der Waals surface area (Å²) in [5.74, 6) is -1.82. The van der Waals surface area contributed by atoms with Crippen molar-refractivity contribution in [3.8, 4) is 0 Å². The number of rotatable bonds is 6. The van der Waals surface area contributed by atoms with Crippen molar-refractivity contribution in [2.45, 2.75) is 32.1 Å². The smallest absolute Gasteiger partial charge is 0.307 e. The molecule has 2 rings (SSSR count). The Morgan fingerprint density at radius 3 is 2.38 bits per heavy atom. The van der Waals surface area contributed by atoms with E-state index >= 15 is 0 Å². The number of carboxylic acids is 1. The SMILES string of the molecule is O=C(CCc1ccc([N+](=O)[O-])cc1)[C@H]1CCC[C@H]1C(=O)O. The second-order valence-corrected chi connectivity index (χ2v) is 5.37. The van der Waals surface area contributed by atoms with Gasteiger partial charge in [-0.25, -0.2) is 0 Å². The first-order valence-corrected chi connectivity index (χ1v) is 6.98. The zero-order valence-corrected chi connectivity index (χ0v) is 11.5. The summed E-state index contributed by atoms with van der Waals surface area (Å²) >= 11 is 0. The number of carbonyl (C=O) groups is 2. The van der Waals surface area contributed by atoms with E-state index in [0.29, 0.717) is 19.3 Å². The van der Waals surface area contributed by atoms with E-state index in [1.807, 2.05) is 0 Å². The molecule has 1 saturated carbocycles. The summed E-state index contributed by atoms with van der Waals surface area (Å²) in [5, 5.41) is 19.6. The van der Waals surface area contributed by atoms with Crippen LogP contribution in [-0.2, 0) is 16.0 Å². The fraction of sp³-hybridized carbons (Fsp3) is 0.467.